The second kappa shape index (κ2) is 7.09. The average Bonchev–Trinajstić information content (AvgIpc) is 2.34. The molecule has 0 atom stereocenters. The Morgan fingerprint density at radius 3 is 2.35 bits per heavy atom. The van der Waals surface area contributed by atoms with Gasteiger partial charge in [0.05, 0.1) is 15.8 Å². The lowest BCUT2D eigenvalue weighted by Gasteiger charge is -2.18. The third-order valence-corrected chi connectivity index (χ3v) is 3.18. The van der Waals surface area contributed by atoms with Crippen molar-refractivity contribution in [3.63, 3.8) is 0 Å². The SMILES string of the molecule is C=C(O/N=C(\CCO)c1c(Cl)cccc1Cl)C(C)(C)O. The molecule has 20 heavy (non-hydrogen) atoms. The number of nitrogens with zero attached hydrogens (tertiary/aromatic N) is 1. The molecule has 1 aromatic rings. The second-order valence-corrected chi connectivity index (χ2v) is 5.50. The standard InChI is InChI=1S/C14H17Cl2NO3/c1-9(14(2,3)19)20-17-12(7-8-18)13-10(15)5-4-6-11(13)16/h4-6,18-19H,1,7-8H2,2-3H3/b17-12+. The first kappa shape index (κ1) is 17.0. The van der Waals surface area contributed by atoms with Crippen LogP contribution in [-0.4, -0.2) is 28.1 Å². The third kappa shape index (κ3) is 4.49. The van der Waals surface area contributed by atoms with E-state index in [4.69, 9.17) is 33.1 Å². The molecule has 1 rings (SSSR count). The molecule has 0 saturated carbocycles. The van der Waals surface area contributed by atoms with Crippen LogP contribution in [0.4, 0.5) is 0 Å². The molecule has 0 saturated heterocycles. The van der Waals surface area contributed by atoms with Gasteiger partial charge in [0.1, 0.15) is 5.60 Å². The highest BCUT2D eigenvalue weighted by Crippen LogP contribution is 2.26. The van der Waals surface area contributed by atoms with Gasteiger partial charge in [-0.2, -0.15) is 0 Å². The van der Waals surface area contributed by atoms with E-state index >= 15 is 0 Å². The molecule has 1 aromatic carbocycles. The Morgan fingerprint density at radius 2 is 1.90 bits per heavy atom. The minimum absolute atomic E-state index is 0.0797. The number of aliphatic hydroxyl groups excluding tert-OH is 1. The molecule has 0 bridgehead atoms. The Hall–Kier alpha value is -1.07. The fourth-order valence-corrected chi connectivity index (χ4v) is 1.93. The monoisotopic (exact) mass is 317 g/mol. The van der Waals surface area contributed by atoms with E-state index in [0.717, 1.165) is 0 Å². The highest BCUT2D eigenvalue weighted by Gasteiger charge is 2.20. The van der Waals surface area contributed by atoms with Crippen LogP contribution in [0.25, 0.3) is 0 Å². The normalized spacial score (nSPS) is 12.4. The minimum atomic E-state index is -1.22. The van der Waals surface area contributed by atoms with Crippen LogP contribution in [0.3, 0.4) is 0 Å². The number of aliphatic hydroxyl groups is 2. The predicted octanol–water partition coefficient (Wildman–Crippen LogP) is 3.38. The van der Waals surface area contributed by atoms with Gasteiger partial charge in [-0.3, -0.25) is 0 Å². The molecule has 0 aliphatic carbocycles. The quantitative estimate of drug-likeness (QED) is 0.480. The van der Waals surface area contributed by atoms with E-state index in [1.165, 1.54) is 13.8 Å². The average molecular weight is 318 g/mol. The summed E-state index contributed by atoms with van der Waals surface area (Å²) in [6, 6.07) is 5.04. The topological polar surface area (TPSA) is 62.0 Å². The lowest BCUT2D eigenvalue weighted by molar-refractivity contribution is 0.0420. The molecule has 6 heteroatoms. The summed E-state index contributed by atoms with van der Waals surface area (Å²) < 4.78 is 0. The zero-order valence-corrected chi connectivity index (χ0v) is 12.9. The van der Waals surface area contributed by atoms with Crippen LogP contribution in [-0.2, 0) is 4.84 Å². The van der Waals surface area contributed by atoms with Gasteiger partial charge in [-0.15, -0.1) is 0 Å². The highest BCUT2D eigenvalue weighted by molar-refractivity contribution is 6.40. The first-order chi connectivity index (χ1) is 9.27. The van der Waals surface area contributed by atoms with Crippen LogP contribution in [0, 0.1) is 0 Å². The van der Waals surface area contributed by atoms with Gasteiger partial charge in [0, 0.05) is 18.6 Å². The van der Waals surface area contributed by atoms with E-state index < -0.39 is 5.60 Å². The number of oxime groups is 1. The number of rotatable bonds is 6. The summed E-state index contributed by atoms with van der Waals surface area (Å²) in [5.74, 6) is 0.0797. The summed E-state index contributed by atoms with van der Waals surface area (Å²) in [6.45, 7) is 6.50. The van der Waals surface area contributed by atoms with E-state index in [-0.39, 0.29) is 18.8 Å². The fraction of sp³-hybridized carbons (Fsp3) is 0.357. The van der Waals surface area contributed by atoms with Crippen molar-refractivity contribution in [1.29, 1.82) is 0 Å². The first-order valence-corrected chi connectivity index (χ1v) is 6.74. The summed E-state index contributed by atoms with van der Waals surface area (Å²) >= 11 is 12.2. The van der Waals surface area contributed by atoms with E-state index in [2.05, 4.69) is 11.7 Å². The van der Waals surface area contributed by atoms with Crippen molar-refractivity contribution < 1.29 is 15.1 Å². The van der Waals surface area contributed by atoms with Gasteiger partial charge in [0.15, 0.2) is 5.76 Å². The number of hydrogen-bond acceptors (Lipinski definition) is 4. The lowest BCUT2D eigenvalue weighted by Crippen LogP contribution is -2.22. The maximum Gasteiger partial charge on any atom is 0.158 e. The van der Waals surface area contributed by atoms with Crippen molar-refractivity contribution in [3.8, 4) is 0 Å². The van der Waals surface area contributed by atoms with E-state index in [1.807, 2.05) is 0 Å². The van der Waals surface area contributed by atoms with Gasteiger partial charge < -0.3 is 15.1 Å². The molecular weight excluding hydrogens is 301 g/mol. The van der Waals surface area contributed by atoms with Crippen LogP contribution >= 0.6 is 23.2 Å². The van der Waals surface area contributed by atoms with Gasteiger partial charge in [-0.25, -0.2) is 0 Å². The van der Waals surface area contributed by atoms with Crippen molar-refractivity contribution >= 4 is 28.9 Å². The molecule has 2 N–H and O–H groups in total. The van der Waals surface area contributed by atoms with Crippen LogP contribution in [0.1, 0.15) is 25.8 Å². The Kier molecular flexibility index (Phi) is 6.02. The maximum absolute atomic E-state index is 9.71. The molecular formula is C14H17Cl2NO3. The van der Waals surface area contributed by atoms with Crippen molar-refractivity contribution in [2.24, 2.45) is 5.16 Å². The van der Waals surface area contributed by atoms with Crippen molar-refractivity contribution in [3.05, 3.63) is 46.1 Å². The Morgan fingerprint density at radius 1 is 1.35 bits per heavy atom. The Labute approximate surface area is 128 Å². The van der Waals surface area contributed by atoms with Gasteiger partial charge >= 0.3 is 0 Å². The zero-order chi connectivity index (χ0) is 15.3. The van der Waals surface area contributed by atoms with Crippen LogP contribution in [0.2, 0.25) is 10.0 Å². The predicted molar refractivity (Wildman–Crippen MR) is 81.2 cm³/mol. The number of hydrogen-bond donors (Lipinski definition) is 2. The maximum atomic E-state index is 9.71. The van der Waals surface area contributed by atoms with Gasteiger partial charge in [-0.05, 0) is 26.0 Å². The Bertz CT molecular complexity index is 501. The third-order valence-electron chi connectivity index (χ3n) is 2.55. The Balaban J connectivity index is 3.09. The summed E-state index contributed by atoms with van der Waals surface area (Å²) in [5.41, 5.74) is -0.347. The molecule has 0 aliphatic rings. The van der Waals surface area contributed by atoms with Crippen LogP contribution in [0.5, 0.6) is 0 Å². The van der Waals surface area contributed by atoms with Gasteiger partial charge in [-0.1, -0.05) is 41.0 Å². The molecule has 0 heterocycles. The zero-order valence-electron chi connectivity index (χ0n) is 11.4. The number of halogens is 2. The molecule has 0 fully saturated rings. The fourth-order valence-electron chi connectivity index (χ4n) is 1.32. The molecule has 0 unspecified atom stereocenters. The summed E-state index contributed by atoms with van der Waals surface area (Å²) in [6.07, 6.45) is 0.211. The smallest absolute Gasteiger partial charge is 0.158 e. The molecule has 0 spiro atoms. The minimum Gasteiger partial charge on any atom is -0.396 e. The molecule has 110 valence electrons. The molecule has 0 amide bonds. The van der Waals surface area contributed by atoms with Gasteiger partial charge in [0.2, 0.25) is 0 Å². The second-order valence-electron chi connectivity index (χ2n) is 4.68. The van der Waals surface area contributed by atoms with Crippen molar-refractivity contribution in [2.45, 2.75) is 25.9 Å². The van der Waals surface area contributed by atoms with Crippen molar-refractivity contribution in [1.82, 2.24) is 0 Å². The summed E-state index contributed by atoms with van der Waals surface area (Å²) in [5, 5.41) is 23.5. The largest absolute Gasteiger partial charge is 0.396 e. The molecule has 4 nitrogen and oxygen atoms in total. The molecule has 0 aliphatic heterocycles. The van der Waals surface area contributed by atoms with Crippen molar-refractivity contribution in [2.75, 3.05) is 6.61 Å². The summed E-state index contributed by atoms with van der Waals surface area (Å²) in [7, 11) is 0. The number of benzene rings is 1. The van der Waals surface area contributed by atoms with E-state index in [9.17, 15) is 5.11 Å². The highest BCUT2D eigenvalue weighted by atomic mass is 35.5. The van der Waals surface area contributed by atoms with Gasteiger partial charge in [0.25, 0.3) is 0 Å². The summed E-state index contributed by atoms with van der Waals surface area (Å²) in [4.78, 5) is 5.10. The van der Waals surface area contributed by atoms with Crippen LogP contribution in [0.15, 0.2) is 35.7 Å². The van der Waals surface area contributed by atoms with E-state index in [0.29, 0.717) is 21.3 Å². The first-order valence-electron chi connectivity index (χ1n) is 5.98. The molecule has 0 radical (unpaired) electrons. The molecule has 0 aromatic heterocycles. The lowest BCUT2D eigenvalue weighted by atomic mass is 10.1. The van der Waals surface area contributed by atoms with Crippen LogP contribution < -0.4 is 0 Å². The van der Waals surface area contributed by atoms with E-state index in [1.54, 1.807) is 18.2 Å².